The summed E-state index contributed by atoms with van der Waals surface area (Å²) in [5.41, 5.74) is 11.0. The van der Waals surface area contributed by atoms with E-state index < -0.39 is 11.2 Å². The van der Waals surface area contributed by atoms with Crippen molar-refractivity contribution >= 4 is 0 Å². The molecular weight excluding hydrogens is 689 g/mol. The van der Waals surface area contributed by atoms with Gasteiger partial charge in [-0.3, -0.25) is 0 Å². The summed E-state index contributed by atoms with van der Waals surface area (Å²) in [6, 6.07) is 57.5. The van der Waals surface area contributed by atoms with Gasteiger partial charge in [-0.05, 0) is 57.3 Å². The second-order valence-corrected chi connectivity index (χ2v) is 14.4. The fraction of sp³-hybridized carbons (Fsp3) is 0.192. The maximum atomic E-state index is 12.7. The number of aliphatic hydroxyl groups is 4. The van der Waals surface area contributed by atoms with Gasteiger partial charge < -0.3 is 20.4 Å². The molecule has 4 nitrogen and oxygen atoms in total. The average Bonchev–Trinajstić information content (AvgIpc) is 3.68. The molecule has 0 heterocycles. The Morgan fingerprint density at radius 2 is 0.536 bits per heavy atom. The Hall–Kier alpha value is -5.62. The summed E-state index contributed by atoms with van der Waals surface area (Å²) < 4.78 is 0. The van der Waals surface area contributed by atoms with Crippen molar-refractivity contribution < 1.29 is 20.4 Å². The Kier molecular flexibility index (Phi) is 11.8. The van der Waals surface area contributed by atoms with E-state index in [4.69, 9.17) is 10.2 Å². The van der Waals surface area contributed by atoms with Crippen molar-refractivity contribution in [2.45, 2.75) is 50.7 Å². The van der Waals surface area contributed by atoms with E-state index in [0.29, 0.717) is 13.2 Å². The standard InChI is InChI=1S/C44H30O2.2C4H10O/c45-43(39-21-9-3-15-33(39)34-16-4-10-22-40(34)43)37-19-7-1-13-31(37)29-25-27-30(28-26-29)32-14-2-8-20-38(32)44(46)41-23-11-5-17-35(41)36-18-6-12-24-42(36)44;2*1-2-3-4-5/h1-28,45-46H;2*5H,2-4H2,1H3. The van der Waals surface area contributed by atoms with Crippen LogP contribution in [0.5, 0.6) is 0 Å². The topological polar surface area (TPSA) is 80.9 Å². The van der Waals surface area contributed by atoms with E-state index in [2.05, 4.69) is 74.5 Å². The van der Waals surface area contributed by atoms with Crippen molar-refractivity contribution in [2.75, 3.05) is 13.2 Å². The van der Waals surface area contributed by atoms with Crippen LogP contribution in [0.2, 0.25) is 0 Å². The first-order valence-corrected chi connectivity index (χ1v) is 19.8. The predicted molar refractivity (Wildman–Crippen MR) is 229 cm³/mol. The molecule has 0 aliphatic heterocycles. The predicted octanol–water partition coefficient (Wildman–Crippen LogP) is 11.1. The van der Waals surface area contributed by atoms with E-state index in [1.165, 1.54) is 0 Å². The Morgan fingerprint density at radius 3 is 0.750 bits per heavy atom. The van der Waals surface area contributed by atoms with Crippen LogP contribution in [0.1, 0.15) is 72.9 Å². The maximum Gasteiger partial charge on any atom is 0.142 e. The molecule has 4 heteroatoms. The smallest absolute Gasteiger partial charge is 0.142 e. The zero-order valence-corrected chi connectivity index (χ0v) is 32.2. The van der Waals surface area contributed by atoms with Crippen LogP contribution in [-0.2, 0) is 11.2 Å². The molecule has 0 atom stereocenters. The highest BCUT2D eigenvalue weighted by atomic mass is 16.3. The second kappa shape index (κ2) is 17.0. The molecule has 0 bridgehead atoms. The van der Waals surface area contributed by atoms with E-state index in [1.807, 2.05) is 109 Å². The van der Waals surface area contributed by atoms with Crippen LogP contribution in [-0.4, -0.2) is 33.6 Å². The highest BCUT2D eigenvalue weighted by molar-refractivity contribution is 5.87. The molecule has 56 heavy (non-hydrogen) atoms. The van der Waals surface area contributed by atoms with Crippen LogP contribution in [0, 0.1) is 0 Å². The molecule has 9 rings (SSSR count). The quantitative estimate of drug-likeness (QED) is 0.125. The Morgan fingerprint density at radius 1 is 0.321 bits per heavy atom. The van der Waals surface area contributed by atoms with Crippen LogP contribution in [0.3, 0.4) is 0 Å². The van der Waals surface area contributed by atoms with Gasteiger partial charge in [-0.25, -0.2) is 0 Å². The summed E-state index contributed by atoms with van der Waals surface area (Å²) >= 11 is 0. The third-order valence-electron chi connectivity index (χ3n) is 11.0. The Balaban J connectivity index is 0.000000431. The maximum absolute atomic E-state index is 12.7. The van der Waals surface area contributed by atoms with E-state index >= 15 is 0 Å². The van der Waals surface area contributed by atoms with E-state index in [-0.39, 0.29) is 0 Å². The first-order chi connectivity index (χ1) is 27.4. The van der Waals surface area contributed by atoms with Crippen molar-refractivity contribution in [3.8, 4) is 44.5 Å². The summed E-state index contributed by atoms with van der Waals surface area (Å²) in [5, 5.41) is 41.5. The highest BCUT2D eigenvalue weighted by Gasteiger charge is 2.45. The minimum atomic E-state index is -1.28. The molecule has 7 aromatic rings. The monoisotopic (exact) mass is 738 g/mol. The molecule has 0 saturated heterocycles. The number of fused-ring (bicyclic) bond motifs is 6. The van der Waals surface area contributed by atoms with Gasteiger partial charge in [0.05, 0.1) is 0 Å². The number of aliphatic hydroxyl groups excluding tert-OH is 2. The fourth-order valence-corrected chi connectivity index (χ4v) is 8.25. The van der Waals surface area contributed by atoms with Crippen molar-refractivity contribution in [1.29, 1.82) is 0 Å². The minimum absolute atomic E-state index is 0.344. The third kappa shape index (κ3) is 6.80. The Bertz CT molecular complexity index is 2150. The van der Waals surface area contributed by atoms with Crippen LogP contribution >= 0.6 is 0 Å². The van der Waals surface area contributed by atoms with E-state index in [0.717, 1.165) is 104 Å². The lowest BCUT2D eigenvalue weighted by atomic mass is 9.79. The van der Waals surface area contributed by atoms with Gasteiger partial charge in [0, 0.05) is 46.6 Å². The van der Waals surface area contributed by atoms with Crippen LogP contribution in [0.15, 0.2) is 170 Å². The van der Waals surface area contributed by atoms with Crippen LogP contribution in [0.4, 0.5) is 0 Å². The zero-order valence-electron chi connectivity index (χ0n) is 32.2. The van der Waals surface area contributed by atoms with Crippen molar-refractivity contribution in [3.05, 3.63) is 203 Å². The first-order valence-electron chi connectivity index (χ1n) is 19.8. The summed E-state index contributed by atoms with van der Waals surface area (Å²) in [4.78, 5) is 0. The number of unbranched alkanes of at least 4 members (excludes halogenated alkanes) is 2. The average molecular weight is 739 g/mol. The number of rotatable bonds is 8. The van der Waals surface area contributed by atoms with Crippen molar-refractivity contribution in [2.24, 2.45) is 0 Å². The fourth-order valence-electron chi connectivity index (χ4n) is 8.25. The number of hydrogen-bond acceptors (Lipinski definition) is 4. The second-order valence-electron chi connectivity index (χ2n) is 14.4. The van der Waals surface area contributed by atoms with Gasteiger partial charge in [-0.15, -0.1) is 0 Å². The first kappa shape index (κ1) is 38.6. The van der Waals surface area contributed by atoms with Gasteiger partial charge >= 0.3 is 0 Å². The lowest BCUT2D eigenvalue weighted by Gasteiger charge is -2.29. The summed E-state index contributed by atoms with van der Waals surface area (Å²) in [5.74, 6) is 0. The zero-order chi connectivity index (χ0) is 39.1. The van der Waals surface area contributed by atoms with Gasteiger partial charge in [0.2, 0.25) is 0 Å². The molecule has 0 aromatic heterocycles. The van der Waals surface area contributed by atoms with Crippen molar-refractivity contribution in [3.63, 3.8) is 0 Å². The summed E-state index contributed by atoms with van der Waals surface area (Å²) in [6.07, 6.45) is 4.08. The molecule has 0 radical (unpaired) electrons. The third-order valence-corrected chi connectivity index (χ3v) is 11.0. The summed E-state index contributed by atoms with van der Waals surface area (Å²) in [6.45, 7) is 4.79. The SMILES string of the molecule is CCCCO.CCCCO.OC1(c2ccccc2-c2ccc(-c3ccccc3C3(O)c4ccccc4-c4ccccc43)cc2)c2ccccc2-c2ccccc21. The molecule has 0 saturated carbocycles. The molecule has 0 unspecified atom stereocenters. The van der Waals surface area contributed by atoms with Crippen molar-refractivity contribution in [1.82, 2.24) is 0 Å². The molecule has 2 aliphatic rings. The molecule has 0 fully saturated rings. The summed E-state index contributed by atoms with van der Waals surface area (Å²) in [7, 11) is 0. The molecule has 0 spiro atoms. The van der Waals surface area contributed by atoms with E-state index in [1.54, 1.807) is 0 Å². The number of benzene rings is 7. The van der Waals surface area contributed by atoms with Gasteiger partial charge in [0.25, 0.3) is 0 Å². The lowest BCUT2D eigenvalue weighted by molar-refractivity contribution is 0.131. The molecule has 7 aromatic carbocycles. The largest absolute Gasteiger partial charge is 0.396 e. The van der Waals surface area contributed by atoms with Crippen LogP contribution < -0.4 is 0 Å². The minimum Gasteiger partial charge on any atom is -0.396 e. The van der Waals surface area contributed by atoms with E-state index in [9.17, 15) is 10.2 Å². The van der Waals surface area contributed by atoms with Gasteiger partial charge in [-0.1, -0.05) is 197 Å². The highest BCUT2D eigenvalue weighted by Crippen LogP contribution is 2.54. The van der Waals surface area contributed by atoms with Gasteiger partial charge in [0.1, 0.15) is 11.2 Å². The molecule has 2 aliphatic carbocycles. The number of hydrogen-bond donors (Lipinski definition) is 4. The normalized spacial score (nSPS) is 13.5. The molecule has 4 N–H and O–H groups in total. The van der Waals surface area contributed by atoms with Crippen LogP contribution in [0.25, 0.3) is 44.5 Å². The molecule has 282 valence electrons. The van der Waals surface area contributed by atoms with Gasteiger partial charge in [0.15, 0.2) is 0 Å². The van der Waals surface area contributed by atoms with Gasteiger partial charge in [-0.2, -0.15) is 0 Å². The molecule has 0 amide bonds. The Labute approximate surface area is 331 Å². The molecular formula is C52H50O4. The lowest BCUT2D eigenvalue weighted by Crippen LogP contribution is -2.27.